The topological polar surface area (TPSA) is 17.1 Å². The molecule has 0 spiro atoms. The van der Waals surface area contributed by atoms with E-state index < -0.39 is 11.1 Å². The van der Waals surface area contributed by atoms with Crippen molar-refractivity contribution in [2.45, 2.75) is 50.6 Å². The van der Waals surface area contributed by atoms with Gasteiger partial charge < -0.3 is 0 Å². The Labute approximate surface area is 102 Å². The van der Waals surface area contributed by atoms with Gasteiger partial charge in [-0.1, -0.05) is 31.0 Å². The van der Waals surface area contributed by atoms with Gasteiger partial charge in [-0.3, -0.25) is 4.79 Å². The average molecular weight is 234 g/mol. The van der Waals surface area contributed by atoms with Crippen molar-refractivity contribution >= 4 is 6.29 Å². The summed E-state index contributed by atoms with van der Waals surface area (Å²) in [6, 6.07) is 7.43. The van der Waals surface area contributed by atoms with E-state index in [4.69, 9.17) is 0 Å². The van der Waals surface area contributed by atoms with Crippen molar-refractivity contribution in [3.05, 3.63) is 35.4 Å². The summed E-state index contributed by atoms with van der Waals surface area (Å²) in [5.41, 5.74) is -0.0399. The molecule has 0 aromatic heterocycles. The summed E-state index contributed by atoms with van der Waals surface area (Å²) < 4.78 is 14.6. The zero-order chi connectivity index (χ0) is 12.5. The standard InChI is InChI=1S/C15H19FO/c1-14(2,16)15(8-3-4-9-15)13-7-5-6-12(10-13)11-17/h5-7,10-11H,3-4,8-9H2,1-2H3. The Morgan fingerprint density at radius 1 is 1.29 bits per heavy atom. The third-order valence-electron chi connectivity index (χ3n) is 4.17. The van der Waals surface area contributed by atoms with E-state index in [0.717, 1.165) is 37.5 Å². The van der Waals surface area contributed by atoms with Crippen molar-refractivity contribution < 1.29 is 9.18 Å². The fourth-order valence-corrected chi connectivity index (χ4v) is 3.11. The van der Waals surface area contributed by atoms with Crippen molar-refractivity contribution in [2.24, 2.45) is 0 Å². The quantitative estimate of drug-likeness (QED) is 0.721. The highest BCUT2D eigenvalue weighted by Crippen LogP contribution is 2.50. The van der Waals surface area contributed by atoms with E-state index in [0.29, 0.717) is 5.56 Å². The molecule has 0 amide bonds. The minimum atomic E-state index is -1.25. The molecule has 1 aliphatic rings. The molecular formula is C15H19FO. The molecule has 0 atom stereocenters. The number of halogens is 1. The summed E-state index contributed by atoms with van der Waals surface area (Å²) >= 11 is 0. The molecule has 1 aliphatic carbocycles. The Hall–Kier alpha value is -1.18. The number of benzene rings is 1. The van der Waals surface area contributed by atoms with Gasteiger partial charge in [0.15, 0.2) is 0 Å². The number of carbonyl (C=O) groups excluding carboxylic acids is 1. The molecular weight excluding hydrogens is 215 g/mol. The first-order valence-corrected chi connectivity index (χ1v) is 6.24. The third kappa shape index (κ3) is 2.01. The second-order valence-electron chi connectivity index (χ2n) is 5.50. The second-order valence-corrected chi connectivity index (χ2v) is 5.50. The smallest absolute Gasteiger partial charge is 0.150 e. The summed E-state index contributed by atoms with van der Waals surface area (Å²) in [6.07, 6.45) is 4.71. The van der Waals surface area contributed by atoms with Crippen molar-refractivity contribution in [1.29, 1.82) is 0 Å². The maximum Gasteiger partial charge on any atom is 0.150 e. The van der Waals surface area contributed by atoms with Crippen LogP contribution in [0.1, 0.15) is 55.5 Å². The molecule has 2 heteroatoms. The minimum absolute atomic E-state index is 0.411. The van der Waals surface area contributed by atoms with E-state index in [2.05, 4.69) is 0 Å². The summed E-state index contributed by atoms with van der Waals surface area (Å²) in [4.78, 5) is 10.8. The SMILES string of the molecule is CC(C)(F)C1(c2cccc(C=O)c2)CCCC1. The van der Waals surface area contributed by atoms with E-state index in [1.54, 1.807) is 19.9 Å². The molecule has 1 saturated carbocycles. The molecule has 0 radical (unpaired) electrons. The molecule has 0 aliphatic heterocycles. The summed E-state index contributed by atoms with van der Waals surface area (Å²) in [7, 11) is 0. The lowest BCUT2D eigenvalue weighted by Crippen LogP contribution is -2.41. The van der Waals surface area contributed by atoms with E-state index in [1.165, 1.54) is 0 Å². The number of hydrogen-bond acceptors (Lipinski definition) is 1. The largest absolute Gasteiger partial charge is 0.298 e. The Kier molecular flexibility index (Phi) is 3.07. The maximum absolute atomic E-state index is 14.6. The van der Waals surface area contributed by atoms with Gasteiger partial charge in [0.2, 0.25) is 0 Å². The van der Waals surface area contributed by atoms with Crippen LogP contribution >= 0.6 is 0 Å². The van der Waals surface area contributed by atoms with Gasteiger partial charge in [0.1, 0.15) is 12.0 Å². The van der Waals surface area contributed by atoms with Crippen LogP contribution in [-0.4, -0.2) is 12.0 Å². The fourth-order valence-electron chi connectivity index (χ4n) is 3.11. The van der Waals surface area contributed by atoms with Gasteiger partial charge in [-0.25, -0.2) is 4.39 Å². The lowest BCUT2D eigenvalue weighted by molar-refractivity contribution is 0.0915. The predicted octanol–water partition coefficient (Wildman–Crippen LogP) is 4.06. The van der Waals surface area contributed by atoms with Gasteiger partial charge in [0, 0.05) is 11.0 Å². The highest BCUT2D eigenvalue weighted by molar-refractivity contribution is 5.75. The molecule has 0 bridgehead atoms. The summed E-state index contributed by atoms with van der Waals surface area (Å²) in [5, 5.41) is 0. The van der Waals surface area contributed by atoms with Crippen LogP contribution in [0.3, 0.4) is 0 Å². The molecule has 1 aromatic rings. The Morgan fingerprint density at radius 2 is 1.94 bits per heavy atom. The zero-order valence-electron chi connectivity index (χ0n) is 10.5. The third-order valence-corrected chi connectivity index (χ3v) is 4.17. The number of aldehydes is 1. The van der Waals surface area contributed by atoms with E-state index >= 15 is 0 Å². The van der Waals surface area contributed by atoms with Crippen LogP contribution < -0.4 is 0 Å². The van der Waals surface area contributed by atoms with Crippen molar-refractivity contribution in [1.82, 2.24) is 0 Å². The Balaban J connectivity index is 2.49. The second kappa shape index (κ2) is 4.25. The van der Waals surface area contributed by atoms with Gasteiger partial charge in [-0.15, -0.1) is 0 Å². The van der Waals surface area contributed by atoms with E-state index in [-0.39, 0.29) is 0 Å². The number of rotatable bonds is 3. The van der Waals surface area contributed by atoms with Crippen LogP contribution in [0.25, 0.3) is 0 Å². The predicted molar refractivity (Wildman–Crippen MR) is 67.2 cm³/mol. The lowest BCUT2D eigenvalue weighted by Gasteiger charge is -2.39. The summed E-state index contributed by atoms with van der Waals surface area (Å²) in [5.74, 6) is 0. The highest BCUT2D eigenvalue weighted by Gasteiger charge is 2.48. The number of alkyl halides is 1. The normalized spacial score (nSPS) is 19.2. The van der Waals surface area contributed by atoms with Crippen LogP contribution in [0.2, 0.25) is 0 Å². The molecule has 0 saturated heterocycles. The van der Waals surface area contributed by atoms with Crippen LogP contribution in [-0.2, 0) is 5.41 Å². The Morgan fingerprint density at radius 3 is 2.47 bits per heavy atom. The molecule has 17 heavy (non-hydrogen) atoms. The van der Waals surface area contributed by atoms with E-state index in [9.17, 15) is 9.18 Å². The van der Waals surface area contributed by atoms with Gasteiger partial charge in [0.05, 0.1) is 0 Å². The highest BCUT2D eigenvalue weighted by atomic mass is 19.1. The Bertz CT molecular complexity index is 411. The van der Waals surface area contributed by atoms with Crippen molar-refractivity contribution in [3.8, 4) is 0 Å². The lowest BCUT2D eigenvalue weighted by atomic mass is 9.68. The van der Waals surface area contributed by atoms with Crippen molar-refractivity contribution in [2.75, 3.05) is 0 Å². The van der Waals surface area contributed by atoms with Gasteiger partial charge in [-0.05, 0) is 38.3 Å². The van der Waals surface area contributed by atoms with Crippen LogP contribution in [0.15, 0.2) is 24.3 Å². The first-order chi connectivity index (χ1) is 7.99. The first-order valence-electron chi connectivity index (χ1n) is 6.24. The molecule has 1 aromatic carbocycles. The molecule has 0 N–H and O–H groups in total. The van der Waals surface area contributed by atoms with Crippen LogP contribution in [0, 0.1) is 0 Å². The van der Waals surface area contributed by atoms with Gasteiger partial charge >= 0.3 is 0 Å². The molecule has 92 valence electrons. The van der Waals surface area contributed by atoms with Crippen LogP contribution in [0.4, 0.5) is 4.39 Å². The first kappa shape index (κ1) is 12.3. The van der Waals surface area contributed by atoms with Crippen molar-refractivity contribution in [3.63, 3.8) is 0 Å². The van der Waals surface area contributed by atoms with E-state index in [1.807, 2.05) is 18.2 Å². The molecule has 0 unspecified atom stereocenters. The van der Waals surface area contributed by atoms with Gasteiger partial charge in [0.25, 0.3) is 0 Å². The molecule has 0 heterocycles. The maximum atomic E-state index is 14.6. The average Bonchev–Trinajstić information content (AvgIpc) is 2.79. The monoisotopic (exact) mass is 234 g/mol. The minimum Gasteiger partial charge on any atom is -0.298 e. The molecule has 1 nitrogen and oxygen atoms in total. The molecule has 2 rings (SSSR count). The fraction of sp³-hybridized carbons (Fsp3) is 0.533. The summed E-state index contributed by atoms with van der Waals surface area (Å²) in [6.45, 7) is 3.32. The van der Waals surface area contributed by atoms with Crippen LogP contribution in [0.5, 0.6) is 0 Å². The zero-order valence-corrected chi connectivity index (χ0v) is 10.5. The number of hydrogen-bond donors (Lipinski definition) is 0. The van der Waals surface area contributed by atoms with Gasteiger partial charge in [-0.2, -0.15) is 0 Å². The number of carbonyl (C=O) groups is 1. The molecule has 1 fully saturated rings.